The molecule has 118 valence electrons. The summed E-state index contributed by atoms with van der Waals surface area (Å²) in [5, 5.41) is 16.4. The average Bonchev–Trinajstić information content (AvgIpc) is 2.94. The van der Waals surface area contributed by atoms with Crippen molar-refractivity contribution in [2.75, 3.05) is 4.90 Å². The van der Waals surface area contributed by atoms with Gasteiger partial charge in [0.1, 0.15) is 0 Å². The monoisotopic (exact) mass is 337 g/mol. The first-order chi connectivity index (χ1) is 11.6. The highest BCUT2D eigenvalue weighted by molar-refractivity contribution is 6.31. The van der Waals surface area contributed by atoms with E-state index in [9.17, 15) is 10.1 Å². The van der Waals surface area contributed by atoms with Crippen LogP contribution in [0.3, 0.4) is 0 Å². The molecular weight excluding hydrogens is 326 g/mol. The molecule has 0 aliphatic carbocycles. The largest absolute Gasteiger partial charge is 0.338 e. The highest BCUT2D eigenvalue weighted by Gasteiger charge is 2.23. The third kappa shape index (κ3) is 2.81. The minimum atomic E-state index is -0.504. The van der Waals surface area contributed by atoms with Crippen molar-refractivity contribution in [3.05, 3.63) is 70.8 Å². The van der Waals surface area contributed by atoms with Gasteiger partial charge in [-0.2, -0.15) is 10.4 Å². The first-order valence-electron chi connectivity index (χ1n) is 7.00. The topological polar surface area (TPSA) is 94.5 Å². The lowest BCUT2D eigenvalue weighted by molar-refractivity contribution is -0.113. The number of amides is 1. The van der Waals surface area contributed by atoms with Crippen molar-refractivity contribution in [3.63, 3.8) is 0 Å². The van der Waals surface area contributed by atoms with Crippen molar-refractivity contribution in [3.8, 4) is 6.19 Å². The van der Waals surface area contributed by atoms with Crippen LogP contribution < -0.4 is 16.1 Å². The fourth-order valence-electron chi connectivity index (χ4n) is 2.44. The summed E-state index contributed by atoms with van der Waals surface area (Å²) in [5.74, 6) is 5.34. The Morgan fingerprint density at radius 3 is 2.67 bits per heavy atom. The maximum atomic E-state index is 12.5. The predicted molar refractivity (Wildman–Crippen MR) is 92.8 cm³/mol. The van der Waals surface area contributed by atoms with Gasteiger partial charge in [-0.3, -0.25) is 4.79 Å². The Kier molecular flexibility index (Phi) is 4.18. The number of amidine groups is 1. The molecule has 1 aliphatic heterocycles. The lowest BCUT2D eigenvalue weighted by atomic mass is 10.1. The molecule has 0 spiro atoms. The first-order valence-corrected chi connectivity index (χ1v) is 7.37. The van der Waals surface area contributed by atoms with Gasteiger partial charge in [0.25, 0.3) is 5.91 Å². The van der Waals surface area contributed by atoms with Gasteiger partial charge in [0.2, 0.25) is 0 Å². The molecule has 1 aliphatic rings. The molecule has 0 unspecified atom stereocenters. The zero-order chi connectivity index (χ0) is 17.1. The highest BCUT2D eigenvalue weighted by Crippen LogP contribution is 2.25. The summed E-state index contributed by atoms with van der Waals surface area (Å²) < 4.78 is 0. The van der Waals surface area contributed by atoms with E-state index in [4.69, 9.17) is 17.4 Å². The van der Waals surface area contributed by atoms with Crippen molar-refractivity contribution in [1.82, 2.24) is 5.32 Å². The Morgan fingerprint density at radius 1 is 1.25 bits per heavy atom. The van der Waals surface area contributed by atoms with Gasteiger partial charge in [0.15, 0.2) is 12.0 Å². The Bertz CT molecular complexity index is 913. The minimum Gasteiger partial charge on any atom is -0.338 e. The van der Waals surface area contributed by atoms with Crippen LogP contribution in [0, 0.1) is 11.5 Å². The first kappa shape index (κ1) is 15.6. The summed E-state index contributed by atoms with van der Waals surface area (Å²) in [6, 6.07) is 13.9. The fraction of sp³-hybridized carbons (Fsp3) is 0. The lowest BCUT2D eigenvalue weighted by Gasteiger charge is -2.12. The number of hydrogen-bond donors (Lipinski definition) is 2. The number of rotatable bonds is 2. The summed E-state index contributed by atoms with van der Waals surface area (Å²) in [4.78, 5) is 13.5. The number of nitrogens with one attached hydrogen (secondary N) is 1. The molecule has 2 aromatic carbocycles. The summed E-state index contributed by atoms with van der Waals surface area (Å²) in [5.41, 5.74) is 2.51. The van der Waals surface area contributed by atoms with E-state index in [0.717, 1.165) is 16.0 Å². The van der Waals surface area contributed by atoms with Crippen LogP contribution in [0.15, 0.2) is 59.7 Å². The van der Waals surface area contributed by atoms with Crippen LogP contribution in [-0.2, 0) is 4.79 Å². The molecule has 6 nitrogen and oxygen atoms in total. The number of carbonyl (C=O) groups excluding carboxylic acids is 1. The normalized spacial score (nSPS) is 15.7. The van der Waals surface area contributed by atoms with Gasteiger partial charge >= 0.3 is 0 Å². The Balaban J connectivity index is 1.97. The Hall–Kier alpha value is -3.30. The van der Waals surface area contributed by atoms with Gasteiger partial charge in [-0.1, -0.05) is 41.9 Å². The number of anilines is 1. The molecule has 0 fully saturated rings. The van der Waals surface area contributed by atoms with Crippen LogP contribution >= 0.6 is 11.6 Å². The van der Waals surface area contributed by atoms with Crippen LogP contribution in [0.4, 0.5) is 5.69 Å². The van der Waals surface area contributed by atoms with E-state index in [1.54, 1.807) is 24.3 Å². The van der Waals surface area contributed by atoms with Crippen molar-refractivity contribution >= 4 is 34.7 Å². The van der Waals surface area contributed by atoms with E-state index in [0.29, 0.717) is 22.2 Å². The molecule has 0 bridgehead atoms. The minimum absolute atomic E-state index is 0.394. The Morgan fingerprint density at radius 2 is 2.00 bits per heavy atom. The molecule has 0 aromatic heterocycles. The van der Waals surface area contributed by atoms with Gasteiger partial charge in [-0.15, -0.1) is 0 Å². The van der Waals surface area contributed by atoms with Crippen LogP contribution in [0.1, 0.15) is 11.1 Å². The van der Waals surface area contributed by atoms with Crippen molar-refractivity contribution in [2.45, 2.75) is 0 Å². The summed E-state index contributed by atoms with van der Waals surface area (Å²) >= 11 is 5.92. The molecule has 0 atom stereocenters. The SMILES string of the molecule is N#CN(C(=O)/C=C1\N/C(=N\N)c2ccccc21)c1cccc(Cl)c1. The third-order valence-electron chi connectivity index (χ3n) is 3.51. The van der Waals surface area contributed by atoms with E-state index in [-0.39, 0.29) is 0 Å². The quantitative estimate of drug-likeness (QED) is 0.289. The molecule has 3 N–H and O–H groups in total. The van der Waals surface area contributed by atoms with Crippen LogP contribution in [-0.4, -0.2) is 11.7 Å². The number of halogens is 1. The van der Waals surface area contributed by atoms with E-state index in [2.05, 4.69) is 10.4 Å². The number of carbonyl (C=O) groups is 1. The molecule has 0 saturated carbocycles. The van der Waals surface area contributed by atoms with Crippen LogP contribution in [0.5, 0.6) is 0 Å². The average molecular weight is 338 g/mol. The van der Waals surface area contributed by atoms with E-state index in [1.807, 2.05) is 30.5 Å². The number of nitriles is 1. The van der Waals surface area contributed by atoms with Gasteiger partial charge in [0, 0.05) is 22.2 Å². The van der Waals surface area contributed by atoms with E-state index >= 15 is 0 Å². The van der Waals surface area contributed by atoms with Crippen LogP contribution in [0.25, 0.3) is 5.70 Å². The molecular formula is C17H12ClN5O. The number of fused-ring (bicyclic) bond motifs is 1. The predicted octanol–water partition coefficient (Wildman–Crippen LogP) is 2.42. The molecule has 3 rings (SSSR count). The number of nitrogens with two attached hydrogens (primary N) is 1. The molecule has 7 heteroatoms. The standard InChI is InChI=1S/C17H12ClN5O/c18-11-4-3-5-12(8-11)23(10-19)16(24)9-15-13-6-1-2-7-14(13)17(21-15)22-20/h1-9H,20H2,(H,21,22)/b15-9-. The molecule has 2 aromatic rings. The zero-order valence-corrected chi connectivity index (χ0v) is 13.2. The van der Waals surface area contributed by atoms with E-state index in [1.165, 1.54) is 6.08 Å². The molecule has 24 heavy (non-hydrogen) atoms. The smallest absolute Gasteiger partial charge is 0.266 e. The number of hydrazone groups is 1. The summed E-state index contributed by atoms with van der Waals surface area (Å²) in [7, 11) is 0. The molecule has 0 saturated heterocycles. The third-order valence-corrected chi connectivity index (χ3v) is 3.74. The van der Waals surface area contributed by atoms with Crippen molar-refractivity contribution in [1.29, 1.82) is 5.26 Å². The number of benzene rings is 2. The number of nitrogens with zero attached hydrogens (tertiary/aromatic N) is 3. The zero-order valence-electron chi connectivity index (χ0n) is 12.4. The highest BCUT2D eigenvalue weighted by atomic mass is 35.5. The molecule has 1 amide bonds. The summed E-state index contributed by atoms with van der Waals surface area (Å²) in [6.45, 7) is 0. The maximum Gasteiger partial charge on any atom is 0.266 e. The molecule has 1 heterocycles. The fourth-order valence-corrected chi connectivity index (χ4v) is 2.62. The van der Waals surface area contributed by atoms with Gasteiger partial charge < -0.3 is 11.2 Å². The van der Waals surface area contributed by atoms with Gasteiger partial charge in [-0.05, 0) is 18.2 Å². The maximum absolute atomic E-state index is 12.5. The Labute approximate surface area is 143 Å². The van der Waals surface area contributed by atoms with Crippen LogP contribution in [0.2, 0.25) is 5.02 Å². The van der Waals surface area contributed by atoms with Gasteiger partial charge in [0.05, 0.1) is 11.4 Å². The second kappa shape index (κ2) is 6.44. The van der Waals surface area contributed by atoms with Crippen molar-refractivity contribution in [2.24, 2.45) is 10.9 Å². The van der Waals surface area contributed by atoms with Crippen molar-refractivity contribution < 1.29 is 4.79 Å². The molecule has 0 radical (unpaired) electrons. The van der Waals surface area contributed by atoms with E-state index < -0.39 is 5.91 Å². The van der Waals surface area contributed by atoms with Gasteiger partial charge in [-0.25, -0.2) is 4.90 Å². The second-order valence-corrected chi connectivity index (χ2v) is 5.40. The number of hydrogen-bond acceptors (Lipinski definition) is 4. The second-order valence-electron chi connectivity index (χ2n) is 4.96. The lowest BCUT2D eigenvalue weighted by Crippen LogP contribution is -2.25. The summed E-state index contributed by atoms with van der Waals surface area (Å²) in [6.07, 6.45) is 3.20.